The zero-order valence-electron chi connectivity index (χ0n) is 14.2. The lowest BCUT2D eigenvalue weighted by Gasteiger charge is -2.05. The highest BCUT2D eigenvalue weighted by atomic mass is 35.5. The standard InChI is InChI=1S/C19H12ClFN4O2S/c20-12-5-3-4-11(8-12)18-24-25-16(26)9-13(23-19(25)28-18)10-22-17(27)14-6-1-2-7-15(14)21/h1-9H,10H2,(H,22,27). The molecule has 0 unspecified atom stereocenters. The highest BCUT2D eigenvalue weighted by Crippen LogP contribution is 2.26. The fraction of sp³-hybridized carbons (Fsp3) is 0.0526. The molecule has 0 aliphatic heterocycles. The minimum absolute atomic E-state index is 0.0106. The fourth-order valence-corrected chi connectivity index (χ4v) is 3.71. The minimum atomic E-state index is -0.614. The summed E-state index contributed by atoms with van der Waals surface area (Å²) in [7, 11) is 0. The topological polar surface area (TPSA) is 76.4 Å². The van der Waals surface area contributed by atoms with E-state index in [1.807, 2.05) is 6.07 Å². The maximum absolute atomic E-state index is 13.7. The van der Waals surface area contributed by atoms with Crippen molar-refractivity contribution in [1.29, 1.82) is 0 Å². The summed E-state index contributed by atoms with van der Waals surface area (Å²) < 4.78 is 14.9. The lowest BCUT2D eigenvalue weighted by atomic mass is 10.2. The number of benzene rings is 2. The number of nitrogens with one attached hydrogen (secondary N) is 1. The SMILES string of the molecule is O=C(NCc1cc(=O)n2nc(-c3cccc(Cl)c3)sc2n1)c1ccccc1F. The Balaban J connectivity index is 1.60. The predicted octanol–water partition coefficient (Wildman–Crippen LogP) is 3.54. The van der Waals surface area contributed by atoms with Gasteiger partial charge in [-0.3, -0.25) is 9.59 Å². The van der Waals surface area contributed by atoms with Gasteiger partial charge in [-0.25, -0.2) is 9.37 Å². The summed E-state index contributed by atoms with van der Waals surface area (Å²) in [6.07, 6.45) is 0. The van der Waals surface area contributed by atoms with E-state index < -0.39 is 11.7 Å². The molecule has 6 nitrogen and oxygen atoms in total. The molecular formula is C19H12ClFN4O2S. The average molecular weight is 415 g/mol. The summed E-state index contributed by atoms with van der Waals surface area (Å²) in [5.74, 6) is -1.19. The molecule has 9 heteroatoms. The molecule has 0 aliphatic rings. The summed E-state index contributed by atoms with van der Waals surface area (Å²) in [6, 6.07) is 14.1. The van der Waals surface area contributed by atoms with Crippen LogP contribution in [0, 0.1) is 5.82 Å². The Morgan fingerprint density at radius 2 is 2.00 bits per heavy atom. The third kappa shape index (κ3) is 3.64. The molecule has 0 saturated carbocycles. The number of rotatable bonds is 4. The lowest BCUT2D eigenvalue weighted by molar-refractivity contribution is 0.0946. The Morgan fingerprint density at radius 3 is 2.79 bits per heavy atom. The smallest absolute Gasteiger partial charge is 0.275 e. The van der Waals surface area contributed by atoms with Crippen molar-refractivity contribution in [3.05, 3.63) is 87.0 Å². The fourth-order valence-electron chi connectivity index (χ4n) is 2.60. The van der Waals surface area contributed by atoms with Crippen molar-refractivity contribution in [2.45, 2.75) is 6.54 Å². The van der Waals surface area contributed by atoms with Crippen LogP contribution in [-0.4, -0.2) is 20.5 Å². The quantitative estimate of drug-likeness (QED) is 0.554. The van der Waals surface area contributed by atoms with E-state index in [0.29, 0.717) is 20.7 Å². The zero-order chi connectivity index (χ0) is 19.7. The molecule has 0 bridgehead atoms. The molecule has 0 fully saturated rings. The number of amides is 1. The molecule has 2 aromatic heterocycles. The Morgan fingerprint density at radius 1 is 1.18 bits per heavy atom. The van der Waals surface area contributed by atoms with Crippen molar-refractivity contribution in [3.63, 3.8) is 0 Å². The van der Waals surface area contributed by atoms with Gasteiger partial charge in [-0.15, -0.1) is 0 Å². The molecule has 28 heavy (non-hydrogen) atoms. The molecule has 0 spiro atoms. The van der Waals surface area contributed by atoms with Crippen molar-refractivity contribution >= 4 is 33.8 Å². The monoisotopic (exact) mass is 414 g/mol. The maximum Gasteiger partial charge on any atom is 0.275 e. The van der Waals surface area contributed by atoms with Gasteiger partial charge in [-0.1, -0.05) is 47.2 Å². The number of hydrogen-bond acceptors (Lipinski definition) is 5. The van der Waals surface area contributed by atoms with Gasteiger partial charge in [-0.05, 0) is 24.3 Å². The average Bonchev–Trinajstić information content (AvgIpc) is 3.11. The Bertz CT molecular complexity index is 1250. The summed E-state index contributed by atoms with van der Waals surface area (Å²) in [5, 5.41) is 8.02. The number of nitrogens with zero attached hydrogens (tertiary/aromatic N) is 3. The van der Waals surface area contributed by atoms with E-state index in [1.165, 1.54) is 40.1 Å². The molecule has 4 aromatic rings. The first-order chi connectivity index (χ1) is 13.5. The number of fused-ring (bicyclic) bond motifs is 1. The molecule has 1 N–H and O–H groups in total. The van der Waals surface area contributed by atoms with Gasteiger partial charge < -0.3 is 5.32 Å². The second-order valence-corrected chi connectivity index (χ2v) is 7.25. The summed E-state index contributed by atoms with van der Waals surface area (Å²) in [5.41, 5.74) is 0.693. The molecule has 2 aromatic carbocycles. The van der Waals surface area contributed by atoms with Gasteiger partial charge in [0.1, 0.15) is 10.8 Å². The lowest BCUT2D eigenvalue weighted by Crippen LogP contribution is -2.26. The molecule has 0 atom stereocenters. The van der Waals surface area contributed by atoms with E-state index >= 15 is 0 Å². The van der Waals surface area contributed by atoms with Gasteiger partial charge in [0.15, 0.2) is 0 Å². The minimum Gasteiger partial charge on any atom is -0.346 e. The zero-order valence-corrected chi connectivity index (χ0v) is 15.8. The van der Waals surface area contributed by atoms with Crippen LogP contribution in [0.4, 0.5) is 4.39 Å². The highest BCUT2D eigenvalue weighted by molar-refractivity contribution is 7.19. The van der Waals surface area contributed by atoms with Crippen molar-refractivity contribution < 1.29 is 9.18 Å². The third-order valence-corrected chi connectivity index (χ3v) is 5.11. The second-order valence-electron chi connectivity index (χ2n) is 5.86. The van der Waals surface area contributed by atoms with E-state index in [0.717, 1.165) is 5.56 Å². The largest absolute Gasteiger partial charge is 0.346 e. The number of hydrogen-bond donors (Lipinski definition) is 1. The maximum atomic E-state index is 13.7. The molecular weight excluding hydrogens is 403 g/mol. The number of aromatic nitrogens is 3. The van der Waals surface area contributed by atoms with Crippen molar-refractivity contribution in [2.75, 3.05) is 0 Å². The van der Waals surface area contributed by atoms with Crippen LogP contribution in [0.25, 0.3) is 15.5 Å². The predicted molar refractivity (Wildman–Crippen MR) is 105 cm³/mol. The van der Waals surface area contributed by atoms with E-state index in [4.69, 9.17) is 11.6 Å². The van der Waals surface area contributed by atoms with Gasteiger partial charge in [-0.2, -0.15) is 9.61 Å². The molecule has 2 heterocycles. The van der Waals surface area contributed by atoms with E-state index in [9.17, 15) is 14.0 Å². The first-order valence-electron chi connectivity index (χ1n) is 8.20. The third-order valence-electron chi connectivity index (χ3n) is 3.92. The second kappa shape index (κ2) is 7.49. The van der Waals surface area contributed by atoms with Crippen LogP contribution < -0.4 is 10.9 Å². The molecule has 4 rings (SSSR count). The van der Waals surface area contributed by atoms with Crippen LogP contribution in [0.1, 0.15) is 16.1 Å². The summed E-state index contributed by atoms with van der Waals surface area (Å²) in [4.78, 5) is 29.2. The first-order valence-corrected chi connectivity index (χ1v) is 9.39. The van der Waals surface area contributed by atoms with Crippen LogP contribution in [0.2, 0.25) is 5.02 Å². The normalized spacial score (nSPS) is 10.9. The van der Waals surface area contributed by atoms with E-state index in [1.54, 1.807) is 24.3 Å². The van der Waals surface area contributed by atoms with E-state index in [-0.39, 0.29) is 17.7 Å². The molecule has 0 saturated heterocycles. The molecule has 0 aliphatic carbocycles. The first kappa shape index (κ1) is 18.3. The number of halogens is 2. The number of carbonyl (C=O) groups is 1. The van der Waals surface area contributed by atoms with Crippen LogP contribution in [0.5, 0.6) is 0 Å². The summed E-state index contributed by atoms with van der Waals surface area (Å²) in [6.45, 7) is -0.0106. The Hall–Kier alpha value is -3.10. The van der Waals surface area contributed by atoms with Crippen LogP contribution >= 0.6 is 22.9 Å². The van der Waals surface area contributed by atoms with E-state index in [2.05, 4.69) is 15.4 Å². The summed E-state index contributed by atoms with van der Waals surface area (Å²) >= 11 is 7.24. The van der Waals surface area contributed by atoms with Gasteiger partial charge >= 0.3 is 0 Å². The van der Waals surface area contributed by atoms with Crippen molar-refractivity contribution in [1.82, 2.24) is 19.9 Å². The molecule has 0 radical (unpaired) electrons. The van der Waals surface area contributed by atoms with Crippen LogP contribution in [0.15, 0.2) is 59.4 Å². The van der Waals surface area contributed by atoms with Crippen molar-refractivity contribution in [3.8, 4) is 10.6 Å². The Labute approximate surface area is 167 Å². The van der Waals surface area contributed by atoms with Crippen LogP contribution in [-0.2, 0) is 6.54 Å². The van der Waals surface area contributed by atoms with Gasteiger partial charge in [0.05, 0.1) is 17.8 Å². The highest BCUT2D eigenvalue weighted by Gasteiger charge is 2.13. The molecule has 140 valence electrons. The number of carbonyl (C=O) groups excluding carboxylic acids is 1. The Kier molecular flexibility index (Phi) is 4.89. The molecule has 1 amide bonds. The van der Waals surface area contributed by atoms with Crippen molar-refractivity contribution in [2.24, 2.45) is 0 Å². The van der Waals surface area contributed by atoms with Gasteiger partial charge in [0, 0.05) is 16.7 Å². The van der Waals surface area contributed by atoms with Gasteiger partial charge in [0.2, 0.25) is 4.96 Å². The van der Waals surface area contributed by atoms with Gasteiger partial charge in [0.25, 0.3) is 11.5 Å². The van der Waals surface area contributed by atoms with Crippen LogP contribution in [0.3, 0.4) is 0 Å².